The molecule has 0 spiro atoms. The number of hydrogen-bond donors (Lipinski definition) is 1. The molecule has 0 saturated carbocycles. The van der Waals surface area contributed by atoms with Crippen molar-refractivity contribution in [1.82, 2.24) is 14.8 Å². The fraction of sp³-hybridized carbons (Fsp3) is 0.467. The van der Waals surface area contributed by atoms with Gasteiger partial charge < -0.3 is 10.3 Å². The quantitative estimate of drug-likeness (QED) is 0.829. The Hall–Kier alpha value is -0.980. The van der Waals surface area contributed by atoms with Crippen molar-refractivity contribution in [2.24, 2.45) is 5.73 Å². The normalized spacial score (nSPS) is 17.1. The largest absolute Gasteiger partial charge is 0.324 e. The van der Waals surface area contributed by atoms with Gasteiger partial charge in [0, 0.05) is 28.9 Å². The van der Waals surface area contributed by atoms with Crippen LogP contribution in [0.3, 0.4) is 0 Å². The molecule has 4 nitrogen and oxygen atoms in total. The lowest BCUT2D eigenvalue weighted by molar-refractivity contribution is 0.592. The van der Waals surface area contributed by atoms with Crippen LogP contribution in [0.2, 0.25) is 0 Å². The minimum Gasteiger partial charge on any atom is -0.324 e. The maximum absolute atomic E-state index is 5.74. The van der Waals surface area contributed by atoms with Gasteiger partial charge in [0.25, 0.3) is 0 Å². The third-order valence-corrected chi connectivity index (χ3v) is 6.02. The summed E-state index contributed by atoms with van der Waals surface area (Å²) >= 11 is 3.76. The number of fused-ring (bicyclic) bond motifs is 1. The molecular formula is C15H20N4S2. The molecule has 112 valence electrons. The van der Waals surface area contributed by atoms with E-state index in [1.165, 1.54) is 10.5 Å². The molecule has 6 heteroatoms. The van der Waals surface area contributed by atoms with E-state index in [0.717, 1.165) is 35.5 Å². The maximum atomic E-state index is 5.74. The molecule has 3 rings (SSSR count). The SMILES string of the molecule is CCCn1c(CN)nnc1SCC1CSc2ccccc21. The standard InChI is InChI=1S/C15H20N4S2/c1-2-7-19-14(8-16)17-18-15(19)21-10-11-9-20-13-6-4-3-5-12(11)13/h3-6,11H,2,7-10,16H2,1H3. The first-order valence-electron chi connectivity index (χ1n) is 7.30. The second kappa shape index (κ2) is 6.85. The van der Waals surface area contributed by atoms with Gasteiger partial charge >= 0.3 is 0 Å². The Morgan fingerprint density at radius 2 is 2.24 bits per heavy atom. The van der Waals surface area contributed by atoms with Gasteiger partial charge in [-0.2, -0.15) is 0 Å². The van der Waals surface area contributed by atoms with Gasteiger partial charge in [0.1, 0.15) is 5.82 Å². The third-order valence-electron chi connectivity index (χ3n) is 3.64. The van der Waals surface area contributed by atoms with Crippen molar-refractivity contribution in [1.29, 1.82) is 0 Å². The highest BCUT2D eigenvalue weighted by Gasteiger charge is 2.23. The van der Waals surface area contributed by atoms with Gasteiger partial charge in [0.2, 0.25) is 0 Å². The third kappa shape index (κ3) is 3.12. The molecule has 21 heavy (non-hydrogen) atoms. The average molecular weight is 320 g/mol. The molecular weight excluding hydrogens is 300 g/mol. The molecule has 1 aliphatic rings. The summed E-state index contributed by atoms with van der Waals surface area (Å²) in [5, 5.41) is 9.52. The molecule has 1 aromatic heterocycles. The molecule has 2 heterocycles. The van der Waals surface area contributed by atoms with Crippen LogP contribution in [0.5, 0.6) is 0 Å². The van der Waals surface area contributed by atoms with Crippen molar-refractivity contribution in [2.45, 2.75) is 42.4 Å². The van der Waals surface area contributed by atoms with E-state index in [2.05, 4.69) is 46.0 Å². The summed E-state index contributed by atoms with van der Waals surface area (Å²) in [7, 11) is 0. The Labute approximate surface area is 133 Å². The van der Waals surface area contributed by atoms with Crippen LogP contribution in [-0.2, 0) is 13.1 Å². The van der Waals surface area contributed by atoms with E-state index in [4.69, 9.17) is 5.73 Å². The van der Waals surface area contributed by atoms with Crippen LogP contribution in [-0.4, -0.2) is 26.3 Å². The zero-order valence-corrected chi connectivity index (χ0v) is 13.8. The molecule has 0 radical (unpaired) electrons. The van der Waals surface area contributed by atoms with Crippen molar-refractivity contribution < 1.29 is 0 Å². The first kappa shape index (κ1) is 14.9. The van der Waals surface area contributed by atoms with Crippen molar-refractivity contribution in [3.05, 3.63) is 35.7 Å². The Kier molecular flexibility index (Phi) is 4.87. The molecule has 2 N–H and O–H groups in total. The average Bonchev–Trinajstić information content (AvgIpc) is 3.09. The number of aromatic nitrogens is 3. The fourth-order valence-corrected chi connectivity index (χ4v) is 5.07. The summed E-state index contributed by atoms with van der Waals surface area (Å²) in [6.45, 7) is 3.56. The zero-order chi connectivity index (χ0) is 14.7. The predicted molar refractivity (Wildman–Crippen MR) is 88.8 cm³/mol. The summed E-state index contributed by atoms with van der Waals surface area (Å²) in [5.74, 6) is 3.71. The Morgan fingerprint density at radius 1 is 1.38 bits per heavy atom. The van der Waals surface area contributed by atoms with Gasteiger partial charge in [-0.25, -0.2) is 0 Å². The number of nitrogens with two attached hydrogens (primary N) is 1. The molecule has 1 unspecified atom stereocenters. The van der Waals surface area contributed by atoms with Gasteiger partial charge in [-0.3, -0.25) is 0 Å². The van der Waals surface area contributed by atoms with E-state index in [1.807, 2.05) is 11.8 Å². The van der Waals surface area contributed by atoms with Crippen molar-refractivity contribution in [3.63, 3.8) is 0 Å². The van der Waals surface area contributed by atoms with E-state index in [9.17, 15) is 0 Å². The predicted octanol–water partition coefficient (Wildman–Crippen LogP) is 3.13. The fourth-order valence-electron chi connectivity index (χ4n) is 2.57. The van der Waals surface area contributed by atoms with Crippen LogP contribution < -0.4 is 5.73 Å². The van der Waals surface area contributed by atoms with E-state index in [1.54, 1.807) is 11.8 Å². The van der Waals surface area contributed by atoms with Gasteiger partial charge in [0.15, 0.2) is 5.16 Å². The molecule has 1 aliphatic heterocycles. The summed E-state index contributed by atoms with van der Waals surface area (Å²) in [5.41, 5.74) is 7.22. The van der Waals surface area contributed by atoms with E-state index >= 15 is 0 Å². The second-order valence-electron chi connectivity index (χ2n) is 5.11. The van der Waals surface area contributed by atoms with Gasteiger partial charge in [-0.05, 0) is 18.1 Å². The Balaban J connectivity index is 1.70. The van der Waals surface area contributed by atoms with Crippen LogP contribution in [0.15, 0.2) is 34.3 Å². The number of rotatable bonds is 6. The Morgan fingerprint density at radius 3 is 3.05 bits per heavy atom. The van der Waals surface area contributed by atoms with Crippen molar-refractivity contribution in [2.75, 3.05) is 11.5 Å². The van der Waals surface area contributed by atoms with Gasteiger partial charge in [-0.15, -0.1) is 22.0 Å². The van der Waals surface area contributed by atoms with Crippen LogP contribution in [0.25, 0.3) is 0 Å². The van der Waals surface area contributed by atoms with E-state index in [0.29, 0.717) is 12.5 Å². The highest BCUT2D eigenvalue weighted by atomic mass is 32.2. The highest BCUT2D eigenvalue weighted by molar-refractivity contribution is 8.00. The number of nitrogens with zero attached hydrogens (tertiary/aromatic N) is 3. The molecule has 0 saturated heterocycles. The topological polar surface area (TPSA) is 56.7 Å². The number of hydrogen-bond acceptors (Lipinski definition) is 5. The first-order chi connectivity index (χ1) is 10.3. The van der Waals surface area contributed by atoms with Gasteiger partial charge in [0.05, 0.1) is 6.54 Å². The van der Waals surface area contributed by atoms with Crippen LogP contribution in [0.1, 0.15) is 30.7 Å². The minimum absolute atomic E-state index is 0.454. The van der Waals surface area contributed by atoms with Crippen molar-refractivity contribution in [3.8, 4) is 0 Å². The summed E-state index contributed by atoms with van der Waals surface area (Å²) in [4.78, 5) is 1.43. The monoisotopic (exact) mass is 320 g/mol. The lowest BCUT2D eigenvalue weighted by atomic mass is 10.0. The molecule has 1 atom stereocenters. The molecule has 0 aliphatic carbocycles. The van der Waals surface area contributed by atoms with Crippen LogP contribution >= 0.6 is 23.5 Å². The zero-order valence-electron chi connectivity index (χ0n) is 12.2. The van der Waals surface area contributed by atoms with Crippen LogP contribution in [0.4, 0.5) is 0 Å². The Bertz CT molecular complexity index is 611. The molecule has 0 amide bonds. The molecule has 0 bridgehead atoms. The summed E-state index contributed by atoms with van der Waals surface area (Å²) < 4.78 is 2.17. The lowest BCUT2D eigenvalue weighted by Crippen LogP contribution is -2.10. The minimum atomic E-state index is 0.454. The maximum Gasteiger partial charge on any atom is 0.191 e. The second-order valence-corrected chi connectivity index (χ2v) is 7.16. The molecule has 1 aromatic carbocycles. The van der Waals surface area contributed by atoms with Gasteiger partial charge in [-0.1, -0.05) is 36.9 Å². The number of thioether (sulfide) groups is 2. The highest BCUT2D eigenvalue weighted by Crippen LogP contribution is 2.41. The first-order valence-corrected chi connectivity index (χ1v) is 9.27. The van der Waals surface area contributed by atoms with E-state index < -0.39 is 0 Å². The molecule has 0 fully saturated rings. The smallest absolute Gasteiger partial charge is 0.191 e. The summed E-state index contributed by atoms with van der Waals surface area (Å²) in [6, 6.07) is 8.72. The number of benzene rings is 1. The van der Waals surface area contributed by atoms with Crippen LogP contribution in [0, 0.1) is 0 Å². The van der Waals surface area contributed by atoms with E-state index in [-0.39, 0.29) is 0 Å². The van der Waals surface area contributed by atoms with Crippen molar-refractivity contribution >= 4 is 23.5 Å². The summed E-state index contributed by atoms with van der Waals surface area (Å²) in [6.07, 6.45) is 1.07. The molecule has 2 aromatic rings. The lowest BCUT2D eigenvalue weighted by Gasteiger charge is -2.11.